The van der Waals surface area contributed by atoms with Gasteiger partial charge in [-0.25, -0.2) is 0 Å². The van der Waals surface area contributed by atoms with E-state index in [0.717, 1.165) is 23.1 Å². The molecule has 6 heteroatoms. The van der Waals surface area contributed by atoms with Gasteiger partial charge in [-0.3, -0.25) is 9.69 Å². The molecule has 22 heavy (non-hydrogen) atoms. The van der Waals surface area contributed by atoms with E-state index < -0.39 is 0 Å². The normalized spacial score (nSPS) is 18.7. The van der Waals surface area contributed by atoms with Crippen molar-refractivity contribution >= 4 is 29.3 Å². The number of amides is 1. The number of likely N-dealkylation sites (N-methyl/N-ethyl adjacent to an activating group) is 1. The van der Waals surface area contributed by atoms with Crippen LogP contribution in [0.25, 0.3) is 0 Å². The standard InChI is InChI=1S/C16H20ClN3OS/c1-19(8-2-7-18)16(21)11-20-9-10-22-12-15(20)13-3-5-14(17)6-4-13/h3-6,15H,2,8-12H2,1H3/t15-/m1/s1. The minimum atomic E-state index is 0.0705. The predicted octanol–water partition coefficient (Wildman–Crippen LogP) is 2.80. The number of nitrogens with zero attached hydrogens (tertiary/aromatic N) is 3. The van der Waals surface area contributed by atoms with Crippen molar-refractivity contribution < 1.29 is 4.79 Å². The van der Waals surface area contributed by atoms with E-state index in [1.165, 1.54) is 5.56 Å². The van der Waals surface area contributed by atoms with Crippen molar-refractivity contribution in [2.75, 3.05) is 38.2 Å². The molecule has 118 valence electrons. The summed E-state index contributed by atoms with van der Waals surface area (Å²) in [6, 6.07) is 10.2. The molecule has 0 saturated carbocycles. The van der Waals surface area contributed by atoms with E-state index in [-0.39, 0.29) is 11.9 Å². The Balaban J connectivity index is 2.02. The zero-order valence-electron chi connectivity index (χ0n) is 12.7. The number of carbonyl (C=O) groups is 1. The van der Waals surface area contributed by atoms with E-state index >= 15 is 0 Å². The van der Waals surface area contributed by atoms with Crippen LogP contribution in [0.2, 0.25) is 5.02 Å². The van der Waals surface area contributed by atoms with Gasteiger partial charge in [0, 0.05) is 42.7 Å². The lowest BCUT2D eigenvalue weighted by molar-refractivity contribution is -0.131. The van der Waals surface area contributed by atoms with Gasteiger partial charge in [-0.2, -0.15) is 17.0 Å². The number of rotatable bonds is 5. The maximum atomic E-state index is 12.3. The van der Waals surface area contributed by atoms with Gasteiger partial charge in [0.25, 0.3) is 0 Å². The highest BCUT2D eigenvalue weighted by atomic mass is 35.5. The molecule has 1 saturated heterocycles. The molecule has 1 amide bonds. The van der Waals surface area contributed by atoms with Crippen molar-refractivity contribution in [3.8, 4) is 6.07 Å². The highest BCUT2D eigenvalue weighted by Crippen LogP contribution is 2.30. The van der Waals surface area contributed by atoms with Crippen LogP contribution in [0.3, 0.4) is 0 Å². The summed E-state index contributed by atoms with van der Waals surface area (Å²) >= 11 is 7.87. The maximum absolute atomic E-state index is 12.3. The molecule has 0 spiro atoms. The van der Waals surface area contributed by atoms with Gasteiger partial charge in [-0.05, 0) is 17.7 Å². The van der Waals surface area contributed by atoms with Gasteiger partial charge < -0.3 is 4.90 Å². The van der Waals surface area contributed by atoms with Crippen LogP contribution in [0.5, 0.6) is 0 Å². The molecule has 1 aliphatic rings. The van der Waals surface area contributed by atoms with Gasteiger partial charge in [-0.1, -0.05) is 23.7 Å². The number of carbonyl (C=O) groups excluding carboxylic acids is 1. The minimum absolute atomic E-state index is 0.0705. The third kappa shape index (κ3) is 4.64. The molecule has 4 nitrogen and oxygen atoms in total. The van der Waals surface area contributed by atoms with Crippen molar-refractivity contribution in [2.45, 2.75) is 12.5 Å². The molecule has 1 aliphatic heterocycles. The zero-order chi connectivity index (χ0) is 15.9. The number of hydrogen-bond acceptors (Lipinski definition) is 4. The smallest absolute Gasteiger partial charge is 0.236 e. The second kappa shape index (κ2) is 8.42. The SMILES string of the molecule is CN(CCC#N)C(=O)CN1CCSC[C@@H]1c1ccc(Cl)cc1. The van der Waals surface area contributed by atoms with Crippen LogP contribution in [0, 0.1) is 11.3 Å². The fraction of sp³-hybridized carbons (Fsp3) is 0.500. The van der Waals surface area contributed by atoms with E-state index in [2.05, 4.69) is 11.0 Å². The van der Waals surface area contributed by atoms with Crippen molar-refractivity contribution in [3.05, 3.63) is 34.9 Å². The summed E-state index contributed by atoms with van der Waals surface area (Å²) in [6.45, 7) is 1.79. The highest BCUT2D eigenvalue weighted by Gasteiger charge is 2.26. The number of nitriles is 1. The quantitative estimate of drug-likeness (QED) is 0.829. The number of hydrogen-bond donors (Lipinski definition) is 0. The second-order valence-electron chi connectivity index (χ2n) is 5.34. The lowest BCUT2D eigenvalue weighted by Gasteiger charge is -2.36. The van der Waals surface area contributed by atoms with Gasteiger partial charge in [0.2, 0.25) is 5.91 Å². The van der Waals surface area contributed by atoms with Gasteiger partial charge in [-0.15, -0.1) is 0 Å². The van der Waals surface area contributed by atoms with Gasteiger partial charge in [0.1, 0.15) is 0 Å². The van der Waals surface area contributed by atoms with E-state index in [9.17, 15) is 4.79 Å². The summed E-state index contributed by atoms with van der Waals surface area (Å²) in [7, 11) is 1.76. The fourth-order valence-corrected chi connectivity index (χ4v) is 3.74. The molecule has 0 N–H and O–H groups in total. The van der Waals surface area contributed by atoms with Crippen LogP contribution < -0.4 is 0 Å². The third-order valence-corrected chi connectivity index (χ3v) is 5.09. The average Bonchev–Trinajstić information content (AvgIpc) is 2.54. The fourth-order valence-electron chi connectivity index (χ4n) is 2.46. The molecule has 2 rings (SSSR count). The summed E-state index contributed by atoms with van der Waals surface area (Å²) < 4.78 is 0. The first kappa shape index (κ1) is 17.1. The molecule has 1 fully saturated rings. The Morgan fingerprint density at radius 2 is 2.23 bits per heavy atom. The first-order valence-electron chi connectivity index (χ1n) is 7.30. The summed E-state index contributed by atoms with van der Waals surface area (Å²) in [6.07, 6.45) is 0.374. The first-order valence-corrected chi connectivity index (χ1v) is 8.83. The molecule has 1 aromatic rings. The molecule has 0 aromatic heterocycles. The largest absolute Gasteiger partial charge is 0.344 e. The van der Waals surface area contributed by atoms with Gasteiger partial charge in [0.05, 0.1) is 19.0 Å². The average molecular weight is 338 g/mol. The summed E-state index contributed by atoms with van der Waals surface area (Å²) in [5.74, 6) is 2.09. The molecule has 0 radical (unpaired) electrons. The first-order chi connectivity index (χ1) is 10.6. The summed E-state index contributed by atoms with van der Waals surface area (Å²) in [5, 5.41) is 9.35. The molecular weight excluding hydrogens is 318 g/mol. The summed E-state index contributed by atoms with van der Waals surface area (Å²) in [5.41, 5.74) is 1.20. The lowest BCUT2D eigenvalue weighted by atomic mass is 10.1. The Hall–Kier alpha value is -1.22. The van der Waals surface area contributed by atoms with E-state index in [4.69, 9.17) is 16.9 Å². The Morgan fingerprint density at radius 1 is 1.50 bits per heavy atom. The second-order valence-corrected chi connectivity index (χ2v) is 6.92. The Morgan fingerprint density at radius 3 is 2.91 bits per heavy atom. The van der Waals surface area contributed by atoms with Crippen LogP contribution in [0.15, 0.2) is 24.3 Å². The molecular formula is C16H20ClN3OS. The summed E-state index contributed by atoms with van der Waals surface area (Å²) in [4.78, 5) is 16.2. The number of halogens is 1. The molecule has 1 heterocycles. The lowest BCUT2D eigenvalue weighted by Crippen LogP contribution is -2.44. The molecule has 0 unspecified atom stereocenters. The van der Waals surface area contributed by atoms with Crippen LogP contribution in [0.4, 0.5) is 0 Å². The monoisotopic (exact) mass is 337 g/mol. The highest BCUT2D eigenvalue weighted by molar-refractivity contribution is 7.99. The number of benzene rings is 1. The van der Waals surface area contributed by atoms with Crippen molar-refractivity contribution in [1.29, 1.82) is 5.26 Å². The van der Waals surface area contributed by atoms with Gasteiger partial charge in [0.15, 0.2) is 0 Å². The van der Waals surface area contributed by atoms with Crippen molar-refractivity contribution in [3.63, 3.8) is 0 Å². The molecule has 1 atom stereocenters. The minimum Gasteiger partial charge on any atom is -0.344 e. The molecule has 1 aromatic carbocycles. The Kier molecular flexibility index (Phi) is 6.56. The van der Waals surface area contributed by atoms with E-state index in [1.54, 1.807) is 11.9 Å². The maximum Gasteiger partial charge on any atom is 0.236 e. The van der Waals surface area contributed by atoms with Crippen molar-refractivity contribution in [2.24, 2.45) is 0 Å². The zero-order valence-corrected chi connectivity index (χ0v) is 14.2. The Labute approximate surface area is 141 Å². The van der Waals surface area contributed by atoms with E-state index in [0.29, 0.717) is 19.5 Å². The molecule has 0 aliphatic carbocycles. The van der Waals surface area contributed by atoms with Crippen LogP contribution in [0.1, 0.15) is 18.0 Å². The van der Waals surface area contributed by atoms with E-state index in [1.807, 2.05) is 36.0 Å². The van der Waals surface area contributed by atoms with Crippen LogP contribution >= 0.6 is 23.4 Å². The van der Waals surface area contributed by atoms with Gasteiger partial charge >= 0.3 is 0 Å². The third-order valence-electron chi connectivity index (χ3n) is 3.82. The topological polar surface area (TPSA) is 47.3 Å². The van der Waals surface area contributed by atoms with Crippen LogP contribution in [-0.2, 0) is 4.79 Å². The predicted molar refractivity (Wildman–Crippen MR) is 91.0 cm³/mol. The van der Waals surface area contributed by atoms with Crippen LogP contribution in [-0.4, -0.2) is 53.9 Å². The molecule has 0 bridgehead atoms. The Bertz CT molecular complexity index is 543. The van der Waals surface area contributed by atoms with Crippen molar-refractivity contribution in [1.82, 2.24) is 9.80 Å². The number of thioether (sulfide) groups is 1.